The molecule has 0 unspecified atom stereocenters. The lowest BCUT2D eigenvalue weighted by molar-refractivity contribution is -0.386. The van der Waals surface area contributed by atoms with Gasteiger partial charge in [0.1, 0.15) is 11.4 Å². The van der Waals surface area contributed by atoms with Crippen LogP contribution in [-0.2, 0) is 13.2 Å². The Kier molecular flexibility index (Phi) is 5.64. The van der Waals surface area contributed by atoms with Crippen LogP contribution in [0.4, 0.5) is 5.69 Å². The van der Waals surface area contributed by atoms with Gasteiger partial charge in [0.25, 0.3) is 0 Å². The number of aromatic nitrogens is 4. The van der Waals surface area contributed by atoms with Crippen LogP contribution in [-0.4, -0.2) is 36.4 Å². The van der Waals surface area contributed by atoms with Gasteiger partial charge in [0.15, 0.2) is 0 Å². The molecule has 0 bridgehead atoms. The number of nitro groups is 1. The van der Waals surface area contributed by atoms with Crippen molar-refractivity contribution in [3.8, 4) is 16.9 Å². The van der Waals surface area contributed by atoms with Crippen molar-refractivity contribution < 1.29 is 4.92 Å². The lowest BCUT2D eigenvalue weighted by Gasteiger charge is -2.17. The summed E-state index contributed by atoms with van der Waals surface area (Å²) in [4.78, 5) is 13.0. The summed E-state index contributed by atoms with van der Waals surface area (Å²) in [5.74, 6) is 0. The predicted octanol–water partition coefficient (Wildman–Crippen LogP) is 4.35. The van der Waals surface area contributed by atoms with Crippen molar-refractivity contribution in [3.05, 3.63) is 93.9 Å². The first-order chi connectivity index (χ1) is 14.9. The fourth-order valence-corrected chi connectivity index (χ4v) is 3.74. The summed E-state index contributed by atoms with van der Waals surface area (Å²) in [6.07, 6.45) is 2.04. The number of benzene rings is 2. The van der Waals surface area contributed by atoms with E-state index in [1.807, 2.05) is 78.6 Å². The first kappa shape index (κ1) is 20.5. The molecular weight excluding hydrogens is 392 g/mol. The van der Waals surface area contributed by atoms with Crippen LogP contribution in [0.15, 0.2) is 66.9 Å². The summed E-state index contributed by atoms with van der Waals surface area (Å²) >= 11 is 0. The van der Waals surface area contributed by atoms with Gasteiger partial charge in [-0.1, -0.05) is 48.5 Å². The molecule has 0 saturated carbocycles. The molecule has 0 aliphatic rings. The van der Waals surface area contributed by atoms with Gasteiger partial charge < -0.3 is 0 Å². The van der Waals surface area contributed by atoms with E-state index in [0.29, 0.717) is 24.6 Å². The normalized spacial score (nSPS) is 11.2. The number of hydrogen-bond donors (Lipinski definition) is 0. The van der Waals surface area contributed by atoms with Crippen molar-refractivity contribution in [3.63, 3.8) is 0 Å². The van der Waals surface area contributed by atoms with Crippen LogP contribution in [0, 0.1) is 24.0 Å². The average Bonchev–Trinajstić information content (AvgIpc) is 3.29. The average molecular weight is 416 g/mol. The van der Waals surface area contributed by atoms with E-state index in [0.717, 1.165) is 22.5 Å². The third-order valence-electron chi connectivity index (χ3n) is 5.20. The van der Waals surface area contributed by atoms with E-state index in [9.17, 15) is 10.1 Å². The van der Waals surface area contributed by atoms with E-state index in [2.05, 4.69) is 10.00 Å². The van der Waals surface area contributed by atoms with E-state index in [1.54, 1.807) is 18.5 Å². The Morgan fingerprint density at radius 3 is 2.26 bits per heavy atom. The minimum absolute atomic E-state index is 0.0790. The monoisotopic (exact) mass is 416 g/mol. The fourth-order valence-electron chi connectivity index (χ4n) is 3.74. The highest BCUT2D eigenvalue weighted by Crippen LogP contribution is 2.26. The number of rotatable bonds is 7. The standard InChI is InChI=1S/C23H24N6O2/c1-17-23(29(30)31)18(2)28(24-17)16-26(3)14-20-15-27(21-12-8-5-9-13-21)25-22(20)19-10-6-4-7-11-19/h4-13,15H,14,16H2,1-3H3. The van der Waals surface area contributed by atoms with Gasteiger partial charge in [-0.05, 0) is 33.0 Å². The van der Waals surface area contributed by atoms with Crippen molar-refractivity contribution in [2.45, 2.75) is 27.1 Å². The molecule has 158 valence electrons. The van der Waals surface area contributed by atoms with E-state index >= 15 is 0 Å². The van der Waals surface area contributed by atoms with Crippen LogP contribution in [0.5, 0.6) is 0 Å². The second-order valence-electron chi connectivity index (χ2n) is 7.58. The molecule has 8 heteroatoms. The van der Waals surface area contributed by atoms with E-state index < -0.39 is 0 Å². The first-order valence-corrected chi connectivity index (χ1v) is 10.0. The maximum atomic E-state index is 11.3. The Labute approximate surface area is 180 Å². The summed E-state index contributed by atoms with van der Waals surface area (Å²) in [5.41, 5.74) is 5.07. The van der Waals surface area contributed by atoms with Gasteiger partial charge in [0.2, 0.25) is 0 Å². The zero-order valence-electron chi connectivity index (χ0n) is 17.8. The molecule has 0 radical (unpaired) electrons. The number of para-hydroxylation sites is 1. The van der Waals surface area contributed by atoms with Crippen LogP contribution in [0.2, 0.25) is 0 Å². The smallest absolute Gasteiger partial charge is 0.283 e. The highest BCUT2D eigenvalue weighted by Gasteiger charge is 2.22. The highest BCUT2D eigenvalue weighted by molar-refractivity contribution is 5.63. The van der Waals surface area contributed by atoms with Crippen molar-refractivity contribution in [2.75, 3.05) is 7.05 Å². The minimum atomic E-state index is -0.369. The predicted molar refractivity (Wildman–Crippen MR) is 119 cm³/mol. The second-order valence-corrected chi connectivity index (χ2v) is 7.58. The van der Waals surface area contributed by atoms with Crippen LogP contribution >= 0.6 is 0 Å². The van der Waals surface area contributed by atoms with Crippen molar-refractivity contribution in [2.24, 2.45) is 0 Å². The Bertz CT molecular complexity index is 1200. The maximum absolute atomic E-state index is 11.3. The number of nitrogens with zero attached hydrogens (tertiary/aromatic N) is 6. The van der Waals surface area contributed by atoms with Gasteiger partial charge in [-0.25, -0.2) is 9.36 Å². The zero-order valence-corrected chi connectivity index (χ0v) is 17.8. The molecule has 0 atom stereocenters. The van der Waals surface area contributed by atoms with Crippen molar-refractivity contribution in [1.29, 1.82) is 0 Å². The third-order valence-corrected chi connectivity index (χ3v) is 5.20. The molecule has 8 nitrogen and oxygen atoms in total. The molecule has 0 aliphatic carbocycles. The van der Waals surface area contributed by atoms with Gasteiger partial charge in [-0.3, -0.25) is 15.0 Å². The summed E-state index contributed by atoms with van der Waals surface area (Å²) in [6, 6.07) is 20.1. The molecule has 0 aliphatic heterocycles. The molecule has 0 N–H and O–H groups in total. The minimum Gasteiger partial charge on any atom is -0.283 e. The molecule has 4 rings (SSSR count). The quantitative estimate of drug-likeness (QED) is 0.330. The van der Waals surface area contributed by atoms with Gasteiger partial charge in [-0.15, -0.1) is 0 Å². The summed E-state index contributed by atoms with van der Waals surface area (Å²) in [6.45, 7) is 4.45. The zero-order chi connectivity index (χ0) is 22.0. The molecule has 0 amide bonds. The topological polar surface area (TPSA) is 82.0 Å². The van der Waals surface area contributed by atoms with Gasteiger partial charge in [-0.2, -0.15) is 10.2 Å². The van der Waals surface area contributed by atoms with Crippen LogP contribution in [0.25, 0.3) is 16.9 Å². The van der Waals surface area contributed by atoms with Gasteiger partial charge in [0.05, 0.1) is 23.0 Å². The number of aryl methyl sites for hydroxylation is 1. The lowest BCUT2D eigenvalue weighted by atomic mass is 10.1. The van der Waals surface area contributed by atoms with Gasteiger partial charge in [0, 0.05) is 23.9 Å². The first-order valence-electron chi connectivity index (χ1n) is 10.0. The Hall–Kier alpha value is -3.78. The molecule has 2 aromatic carbocycles. The summed E-state index contributed by atoms with van der Waals surface area (Å²) in [5, 5.41) is 20.5. The molecule has 4 aromatic rings. The van der Waals surface area contributed by atoms with Crippen LogP contribution in [0.1, 0.15) is 17.0 Å². The fraction of sp³-hybridized carbons (Fsp3) is 0.217. The molecule has 2 aromatic heterocycles. The maximum Gasteiger partial charge on any atom is 0.312 e. The summed E-state index contributed by atoms with van der Waals surface area (Å²) in [7, 11) is 1.97. The Morgan fingerprint density at radius 2 is 1.65 bits per heavy atom. The molecule has 0 fully saturated rings. The third kappa shape index (κ3) is 4.24. The van der Waals surface area contributed by atoms with Crippen molar-refractivity contribution >= 4 is 5.69 Å². The molecule has 2 heterocycles. The van der Waals surface area contributed by atoms with E-state index in [4.69, 9.17) is 5.10 Å². The Morgan fingerprint density at radius 1 is 1.00 bits per heavy atom. The van der Waals surface area contributed by atoms with E-state index in [-0.39, 0.29) is 10.6 Å². The molecular formula is C23H24N6O2. The largest absolute Gasteiger partial charge is 0.312 e. The van der Waals surface area contributed by atoms with Gasteiger partial charge >= 0.3 is 5.69 Å². The van der Waals surface area contributed by atoms with Crippen LogP contribution < -0.4 is 0 Å². The Balaban J connectivity index is 1.64. The molecule has 0 saturated heterocycles. The van der Waals surface area contributed by atoms with Crippen LogP contribution in [0.3, 0.4) is 0 Å². The summed E-state index contributed by atoms with van der Waals surface area (Å²) < 4.78 is 3.57. The highest BCUT2D eigenvalue weighted by atomic mass is 16.6. The number of hydrogen-bond acceptors (Lipinski definition) is 5. The lowest BCUT2D eigenvalue weighted by Crippen LogP contribution is -2.23. The molecule has 31 heavy (non-hydrogen) atoms. The van der Waals surface area contributed by atoms with Crippen molar-refractivity contribution in [1.82, 2.24) is 24.5 Å². The van der Waals surface area contributed by atoms with E-state index in [1.165, 1.54) is 0 Å². The second kappa shape index (κ2) is 8.53. The SMILES string of the molecule is Cc1nn(CN(C)Cc2cn(-c3ccccc3)nc2-c2ccccc2)c(C)c1[N+](=O)[O-]. The molecule has 0 spiro atoms.